The van der Waals surface area contributed by atoms with Crippen LogP contribution >= 0.6 is 0 Å². The summed E-state index contributed by atoms with van der Waals surface area (Å²) in [5, 5.41) is 0. The van der Waals surface area contributed by atoms with E-state index < -0.39 is 0 Å². The maximum Gasteiger partial charge on any atom is 0 e. The molecule has 0 heterocycles. The Labute approximate surface area is 95.8 Å². The Bertz CT molecular complexity index is 57.1. The van der Waals surface area contributed by atoms with Crippen LogP contribution in [0.5, 0.6) is 0 Å². The van der Waals surface area contributed by atoms with Crippen LogP contribution in [-0.4, -0.2) is 20.4 Å². The summed E-state index contributed by atoms with van der Waals surface area (Å²) in [5.41, 5.74) is 0. The summed E-state index contributed by atoms with van der Waals surface area (Å²) in [4.78, 5) is 23.2. The Morgan fingerprint density at radius 2 is 0.769 bits per heavy atom. The average Bonchev–Trinajstić information content (AvgIpc) is 2.16. The zero-order chi connectivity index (χ0) is 11.4. The van der Waals surface area contributed by atoms with Crippen molar-refractivity contribution in [1.82, 2.24) is 0 Å². The molecule has 0 bridgehead atoms. The number of carbonyl (C=O) groups excluding carboxylic acids is 3. The number of hydrogen-bond acceptors (Lipinski definition) is 3. The molecule has 0 aromatic heterocycles. The molecule has 0 radical (unpaired) electrons. The molecule has 0 aliphatic rings. The van der Waals surface area contributed by atoms with Crippen LogP contribution in [0.15, 0.2) is 25.3 Å². The molecule has 0 fully saturated rings. The molecule has 0 saturated heterocycles. The number of rotatable bonds is 0. The molecular weight excluding hydrogens is 204 g/mol. The van der Waals surface area contributed by atoms with Crippen LogP contribution < -0.4 is 0 Å². The van der Waals surface area contributed by atoms with Crippen molar-refractivity contribution in [3.05, 3.63) is 39.2 Å². The number of allylic oxidation sites excluding steroid dienone is 2. The predicted octanol–water partition coefficient (Wildman–Crippen LogP) is 1.19. The fourth-order valence-electron chi connectivity index (χ4n) is 0. The smallest absolute Gasteiger partial charge is 0 e. The largest absolute Gasteiger partial charge is 0.545 e. The predicted molar refractivity (Wildman–Crippen MR) is 51.4 cm³/mol. The van der Waals surface area contributed by atoms with Crippen LogP contribution in [0.25, 0.3) is 0 Å². The zero-order valence-electron chi connectivity index (χ0n) is 7.44. The van der Waals surface area contributed by atoms with Gasteiger partial charge in [0.25, 0.3) is 0 Å². The standard InChI is InChI=1S/2C3H5.3CHO.Ti/c2*1-3-2;3*1-2;/h2*3H,1-2H2;3*1H;/q5*-1;. The Morgan fingerprint density at radius 1 is 0.769 bits per heavy atom. The molecule has 0 amide bonds. The fraction of sp³-hybridized carbons (Fsp3) is 0. The van der Waals surface area contributed by atoms with E-state index in [-0.39, 0.29) is 21.7 Å². The molecule has 0 aromatic rings. The first-order chi connectivity index (χ1) is 5.83. The Balaban J connectivity index is -0.0000000118. The van der Waals surface area contributed by atoms with E-state index in [1.807, 2.05) is 0 Å². The molecule has 13 heavy (non-hydrogen) atoms. The van der Waals surface area contributed by atoms with Gasteiger partial charge >= 0.3 is 0 Å². The van der Waals surface area contributed by atoms with Crippen molar-refractivity contribution in [2.24, 2.45) is 0 Å². The van der Waals surface area contributed by atoms with Gasteiger partial charge in [-0.1, -0.05) is 0 Å². The molecule has 0 N–H and O–H groups in total. The molecular formula is C9H13O3Ti-5. The van der Waals surface area contributed by atoms with Crippen molar-refractivity contribution in [1.29, 1.82) is 0 Å². The zero-order valence-corrected chi connectivity index (χ0v) is 9.00. The van der Waals surface area contributed by atoms with Gasteiger partial charge in [-0.2, -0.15) is 0 Å². The summed E-state index contributed by atoms with van der Waals surface area (Å²) in [6.07, 6.45) is 3.00. The minimum atomic E-state index is 0. The first kappa shape index (κ1) is 40.5. The van der Waals surface area contributed by atoms with Crippen LogP contribution in [-0.2, 0) is 36.1 Å². The van der Waals surface area contributed by atoms with E-state index in [4.69, 9.17) is 14.4 Å². The normalized spacial score (nSPS) is 2.77. The molecule has 0 aromatic carbocycles. The minimum absolute atomic E-state index is 0. The summed E-state index contributed by atoms with van der Waals surface area (Å²) < 4.78 is 0. The Kier molecular flexibility index (Phi) is 3780. The van der Waals surface area contributed by atoms with E-state index in [0.29, 0.717) is 0 Å². The fourth-order valence-corrected chi connectivity index (χ4v) is 0. The van der Waals surface area contributed by atoms with E-state index in [1.54, 1.807) is 0 Å². The van der Waals surface area contributed by atoms with Crippen molar-refractivity contribution in [3.8, 4) is 0 Å². The third-order valence-corrected chi connectivity index (χ3v) is 0. The molecule has 0 aliphatic heterocycles. The van der Waals surface area contributed by atoms with Crippen molar-refractivity contribution in [2.45, 2.75) is 0 Å². The van der Waals surface area contributed by atoms with Gasteiger partial charge < -0.3 is 14.4 Å². The Hall–Kier alpha value is -1.06. The van der Waals surface area contributed by atoms with Crippen LogP contribution in [0.2, 0.25) is 0 Å². The van der Waals surface area contributed by atoms with Gasteiger partial charge in [-0.3, -0.25) is 20.4 Å². The summed E-state index contributed by atoms with van der Waals surface area (Å²) in [6.45, 7) is 22.8. The van der Waals surface area contributed by atoms with Crippen LogP contribution in [0, 0.1) is 13.8 Å². The second-order valence-corrected chi connectivity index (χ2v) is 0.577. The van der Waals surface area contributed by atoms with E-state index >= 15 is 0 Å². The Morgan fingerprint density at radius 3 is 0.769 bits per heavy atom. The van der Waals surface area contributed by atoms with Crippen LogP contribution in [0.4, 0.5) is 0 Å². The molecule has 0 spiro atoms. The average molecular weight is 217 g/mol. The van der Waals surface area contributed by atoms with Gasteiger partial charge in [-0.05, 0) is 0 Å². The first-order valence-electron chi connectivity index (χ1n) is 2.34. The summed E-state index contributed by atoms with van der Waals surface area (Å²) in [5.74, 6) is 0. The van der Waals surface area contributed by atoms with Gasteiger partial charge in [0.2, 0.25) is 0 Å². The van der Waals surface area contributed by atoms with E-state index in [1.165, 1.54) is 12.2 Å². The number of hydrogen-bond donors (Lipinski definition) is 0. The molecule has 3 nitrogen and oxygen atoms in total. The summed E-state index contributed by atoms with van der Waals surface area (Å²) in [6, 6.07) is 0. The third kappa shape index (κ3) is 786. The molecule has 0 aliphatic carbocycles. The maximum absolute atomic E-state index is 7.75. The van der Waals surface area contributed by atoms with Gasteiger partial charge in [0, 0.05) is 21.7 Å². The van der Waals surface area contributed by atoms with Gasteiger partial charge in [0.15, 0.2) is 0 Å². The van der Waals surface area contributed by atoms with E-state index in [2.05, 4.69) is 47.4 Å². The quantitative estimate of drug-likeness (QED) is 0.348. The van der Waals surface area contributed by atoms with E-state index in [9.17, 15) is 0 Å². The summed E-state index contributed by atoms with van der Waals surface area (Å²) in [7, 11) is 0. The molecule has 0 saturated carbocycles. The van der Waals surface area contributed by atoms with Gasteiger partial charge in [-0.15, -0.1) is 0 Å². The van der Waals surface area contributed by atoms with Gasteiger partial charge in [0.05, 0.1) is 0 Å². The maximum atomic E-state index is 7.75. The van der Waals surface area contributed by atoms with Crippen LogP contribution in [0.3, 0.4) is 0 Å². The molecule has 76 valence electrons. The van der Waals surface area contributed by atoms with Gasteiger partial charge in [-0.25, -0.2) is 39.2 Å². The van der Waals surface area contributed by atoms with E-state index in [0.717, 1.165) is 0 Å². The molecule has 0 unspecified atom stereocenters. The SMILES string of the molecule is C=C[CH2-].C=C[CH2-].[CH-]=O.[CH-]=O.[CH-]=O.[Ti]. The second kappa shape index (κ2) is 1210. The van der Waals surface area contributed by atoms with Crippen molar-refractivity contribution >= 4 is 20.4 Å². The van der Waals surface area contributed by atoms with Crippen molar-refractivity contribution in [3.63, 3.8) is 0 Å². The molecule has 4 heteroatoms. The summed E-state index contributed by atoms with van der Waals surface area (Å²) >= 11 is 0. The third-order valence-electron chi connectivity index (χ3n) is 0. The minimum Gasteiger partial charge on any atom is -0.545 e. The van der Waals surface area contributed by atoms with Crippen molar-refractivity contribution in [2.75, 3.05) is 0 Å². The monoisotopic (exact) mass is 217 g/mol. The van der Waals surface area contributed by atoms with Crippen molar-refractivity contribution < 1.29 is 36.1 Å². The topological polar surface area (TPSA) is 51.2 Å². The molecule has 0 rings (SSSR count). The first-order valence-corrected chi connectivity index (χ1v) is 2.34. The molecule has 0 atom stereocenters. The van der Waals surface area contributed by atoms with Crippen LogP contribution in [0.1, 0.15) is 0 Å². The second-order valence-electron chi connectivity index (χ2n) is 0.577. The van der Waals surface area contributed by atoms with Gasteiger partial charge in [0.1, 0.15) is 0 Å².